The normalized spacial score (nSPS) is 9.96. The first kappa shape index (κ1) is 14.7. The van der Waals surface area contributed by atoms with Crippen molar-refractivity contribution in [3.05, 3.63) is 89.8 Å². The van der Waals surface area contributed by atoms with Gasteiger partial charge in [0.2, 0.25) is 0 Å². The second-order valence-electron chi connectivity index (χ2n) is 5.05. The molecule has 0 aliphatic heterocycles. The zero-order valence-electron chi connectivity index (χ0n) is 12.3. The van der Waals surface area contributed by atoms with Crippen LogP contribution in [0.4, 0.5) is 4.39 Å². The molecule has 23 heavy (non-hydrogen) atoms. The third-order valence-electron chi connectivity index (χ3n) is 3.33. The van der Waals surface area contributed by atoms with Gasteiger partial charge in [-0.05, 0) is 42.0 Å². The number of halogens is 1. The number of hydrogen-bond acceptors (Lipinski definition) is 2. The van der Waals surface area contributed by atoms with E-state index in [0.717, 1.165) is 16.7 Å². The van der Waals surface area contributed by atoms with Crippen molar-refractivity contribution in [3.8, 4) is 11.8 Å². The predicted octanol–water partition coefficient (Wildman–Crippen LogP) is 3.49. The lowest BCUT2D eigenvalue weighted by atomic mass is 10.1. The molecule has 0 atom stereocenters. The summed E-state index contributed by atoms with van der Waals surface area (Å²) in [6.07, 6.45) is 5.22. The number of imidazole rings is 1. The molecule has 0 spiro atoms. The van der Waals surface area contributed by atoms with Gasteiger partial charge in [-0.1, -0.05) is 24.0 Å². The van der Waals surface area contributed by atoms with Crippen LogP contribution in [0.3, 0.4) is 0 Å². The number of benzene rings is 2. The van der Waals surface area contributed by atoms with E-state index in [1.165, 1.54) is 12.1 Å². The average molecular weight is 303 g/mol. The molecule has 3 aromatic rings. The number of hydrogen-bond donors (Lipinski definition) is 1. The first-order valence-electron chi connectivity index (χ1n) is 7.12. The van der Waals surface area contributed by atoms with Crippen molar-refractivity contribution in [2.24, 2.45) is 0 Å². The third kappa shape index (κ3) is 3.92. The van der Waals surface area contributed by atoms with E-state index in [1.807, 2.05) is 35.0 Å². The number of nitrogens with zero attached hydrogens (tertiary/aromatic N) is 2. The monoisotopic (exact) mass is 303 g/mol. The van der Waals surface area contributed by atoms with Gasteiger partial charge < -0.3 is 9.98 Å². The van der Waals surface area contributed by atoms with Gasteiger partial charge in [0.05, 0.1) is 18.6 Å². The highest BCUT2D eigenvalue weighted by molar-refractivity contribution is 5.98. The van der Waals surface area contributed by atoms with E-state index in [1.54, 1.807) is 24.7 Å². The van der Waals surface area contributed by atoms with Crippen LogP contribution in [0.15, 0.2) is 67.3 Å². The van der Waals surface area contributed by atoms with Crippen molar-refractivity contribution in [2.75, 3.05) is 0 Å². The molecule has 0 saturated heterocycles. The van der Waals surface area contributed by atoms with E-state index in [0.29, 0.717) is 12.3 Å². The minimum absolute atomic E-state index is 0.267. The molecule has 3 rings (SSSR count). The van der Waals surface area contributed by atoms with Crippen LogP contribution < -0.4 is 0 Å². The van der Waals surface area contributed by atoms with Gasteiger partial charge in [-0.25, -0.2) is 9.37 Å². The van der Waals surface area contributed by atoms with Gasteiger partial charge in [0.25, 0.3) is 0 Å². The summed E-state index contributed by atoms with van der Waals surface area (Å²) in [6, 6.07) is 13.6. The molecule has 0 aliphatic rings. The Morgan fingerprint density at radius 1 is 1.00 bits per heavy atom. The summed E-state index contributed by atoms with van der Waals surface area (Å²) in [5, 5.41) is 8.11. The Morgan fingerprint density at radius 3 is 2.17 bits per heavy atom. The molecule has 2 aromatic carbocycles. The van der Waals surface area contributed by atoms with Gasteiger partial charge in [0.1, 0.15) is 5.82 Å². The Balaban J connectivity index is 1.70. The average Bonchev–Trinajstić information content (AvgIpc) is 3.08. The topological polar surface area (TPSA) is 41.7 Å². The van der Waals surface area contributed by atoms with E-state index >= 15 is 0 Å². The van der Waals surface area contributed by atoms with Crippen molar-refractivity contribution in [2.45, 2.75) is 6.54 Å². The SMILES string of the molecule is N=C(Cn1ccnc1)c1ccc(C#Cc2ccc(F)cc2)cc1. The largest absolute Gasteiger partial charge is 0.331 e. The van der Waals surface area contributed by atoms with Crippen LogP contribution in [0.1, 0.15) is 16.7 Å². The smallest absolute Gasteiger partial charge is 0.123 e. The fourth-order valence-corrected chi connectivity index (χ4v) is 2.09. The van der Waals surface area contributed by atoms with E-state index in [-0.39, 0.29) is 5.82 Å². The predicted molar refractivity (Wildman–Crippen MR) is 87.9 cm³/mol. The highest BCUT2D eigenvalue weighted by Crippen LogP contribution is 2.07. The van der Waals surface area contributed by atoms with E-state index < -0.39 is 0 Å². The standard InChI is InChI=1S/C19H14FN3/c20-18-9-5-16(6-10-18)2-1-15-3-7-17(8-4-15)19(21)13-23-12-11-22-14-23/h3-12,14,21H,13H2. The van der Waals surface area contributed by atoms with Crippen LogP contribution in [0, 0.1) is 23.1 Å². The molecule has 0 fully saturated rings. The van der Waals surface area contributed by atoms with Gasteiger partial charge in [-0.15, -0.1) is 0 Å². The molecule has 0 amide bonds. The molecule has 1 heterocycles. The Morgan fingerprint density at radius 2 is 1.61 bits per heavy atom. The van der Waals surface area contributed by atoms with Crippen molar-refractivity contribution < 1.29 is 4.39 Å². The Kier molecular flexibility index (Phi) is 4.30. The third-order valence-corrected chi connectivity index (χ3v) is 3.33. The summed E-state index contributed by atoms with van der Waals surface area (Å²) in [7, 11) is 0. The van der Waals surface area contributed by atoms with Crippen LogP contribution in [-0.2, 0) is 6.54 Å². The molecule has 0 aliphatic carbocycles. The molecule has 0 radical (unpaired) electrons. The number of nitrogens with one attached hydrogen (secondary N) is 1. The zero-order chi connectivity index (χ0) is 16.1. The van der Waals surface area contributed by atoms with Crippen molar-refractivity contribution in [3.63, 3.8) is 0 Å². The summed E-state index contributed by atoms with van der Waals surface area (Å²) in [6.45, 7) is 0.487. The Labute approximate surface area is 133 Å². The van der Waals surface area contributed by atoms with Crippen molar-refractivity contribution >= 4 is 5.71 Å². The summed E-state index contributed by atoms with van der Waals surface area (Å²) in [4.78, 5) is 3.97. The van der Waals surface area contributed by atoms with Crippen LogP contribution in [-0.4, -0.2) is 15.3 Å². The molecule has 3 nitrogen and oxygen atoms in total. The molecule has 0 unspecified atom stereocenters. The van der Waals surface area contributed by atoms with Gasteiger partial charge in [-0.2, -0.15) is 0 Å². The van der Waals surface area contributed by atoms with E-state index in [4.69, 9.17) is 5.41 Å². The lowest BCUT2D eigenvalue weighted by Crippen LogP contribution is -2.08. The number of rotatable bonds is 3. The van der Waals surface area contributed by atoms with Crippen LogP contribution >= 0.6 is 0 Å². The molecule has 1 N–H and O–H groups in total. The van der Waals surface area contributed by atoms with E-state index in [9.17, 15) is 4.39 Å². The second-order valence-corrected chi connectivity index (χ2v) is 5.05. The summed E-state index contributed by atoms with van der Waals surface area (Å²) in [5.74, 6) is 5.76. The van der Waals surface area contributed by atoms with Gasteiger partial charge in [0.15, 0.2) is 0 Å². The molecular formula is C19H14FN3. The lowest BCUT2D eigenvalue weighted by molar-refractivity contribution is 0.627. The van der Waals surface area contributed by atoms with Gasteiger partial charge >= 0.3 is 0 Å². The van der Waals surface area contributed by atoms with Gasteiger partial charge in [-0.3, -0.25) is 0 Å². The van der Waals surface area contributed by atoms with Gasteiger partial charge in [0, 0.05) is 23.5 Å². The molecule has 0 bridgehead atoms. The van der Waals surface area contributed by atoms with Crippen molar-refractivity contribution in [1.82, 2.24) is 9.55 Å². The quantitative estimate of drug-likeness (QED) is 0.584. The first-order chi connectivity index (χ1) is 11.2. The highest BCUT2D eigenvalue weighted by atomic mass is 19.1. The van der Waals surface area contributed by atoms with Crippen LogP contribution in [0.5, 0.6) is 0 Å². The maximum absolute atomic E-state index is 12.8. The molecule has 112 valence electrons. The second kappa shape index (κ2) is 6.71. The Bertz CT molecular complexity index is 852. The van der Waals surface area contributed by atoms with Crippen LogP contribution in [0.2, 0.25) is 0 Å². The molecule has 0 saturated carbocycles. The summed E-state index contributed by atoms with van der Waals surface area (Å²) in [5.41, 5.74) is 2.99. The highest BCUT2D eigenvalue weighted by Gasteiger charge is 2.02. The molecule has 1 aromatic heterocycles. The minimum atomic E-state index is -0.267. The fraction of sp³-hybridized carbons (Fsp3) is 0.0526. The first-order valence-corrected chi connectivity index (χ1v) is 7.12. The lowest BCUT2D eigenvalue weighted by Gasteiger charge is -2.05. The van der Waals surface area contributed by atoms with Crippen LogP contribution in [0.25, 0.3) is 0 Å². The minimum Gasteiger partial charge on any atom is -0.331 e. The molecular weight excluding hydrogens is 289 g/mol. The summed E-state index contributed by atoms with van der Waals surface area (Å²) < 4.78 is 14.7. The number of aromatic nitrogens is 2. The molecule has 4 heteroatoms. The van der Waals surface area contributed by atoms with Crippen molar-refractivity contribution in [1.29, 1.82) is 5.41 Å². The van der Waals surface area contributed by atoms with E-state index in [2.05, 4.69) is 16.8 Å². The maximum atomic E-state index is 12.8. The fourth-order valence-electron chi connectivity index (χ4n) is 2.09. The zero-order valence-corrected chi connectivity index (χ0v) is 12.3. The summed E-state index contributed by atoms with van der Waals surface area (Å²) >= 11 is 0. The Hall–Kier alpha value is -3.19. The maximum Gasteiger partial charge on any atom is 0.123 e.